The molecule has 1 aliphatic rings. The summed E-state index contributed by atoms with van der Waals surface area (Å²) in [6.45, 7) is 8.84. The largest absolute Gasteiger partial charge is 0.364 e. The Kier molecular flexibility index (Phi) is 3.55. The summed E-state index contributed by atoms with van der Waals surface area (Å²) in [7, 11) is 0. The number of hydrogen-bond donors (Lipinski definition) is 1. The molecule has 1 aromatic rings. The summed E-state index contributed by atoms with van der Waals surface area (Å²) in [4.78, 5) is 2.51. The van der Waals surface area contributed by atoms with Gasteiger partial charge in [-0.1, -0.05) is 15.9 Å². The molecule has 88 valence electrons. The van der Waals surface area contributed by atoms with Crippen LogP contribution in [0.15, 0.2) is 22.7 Å². The van der Waals surface area contributed by atoms with Crippen molar-refractivity contribution in [1.82, 2.24) is 5.32 Å². The monoisotopic (exact) mass is 282 g/mol. The van der Waals surface area contributed by atoms with Crippen LogP contribution in [0.25, 0.3) is 0 Å². The average Bonchev–Trinajstić information content (AvgIpc) is 2.23. The van der Waals surface area contributed by atoms with E-state index in [1.165, 1.54) is 15.7 Å². The summed E-state index contributed by atoms with van der Waals surface area (Å²) >= 11 is 3.55. The summed E-state index contributed by atoms with van der Waals surface area (Å²) in [5, 5.41) is 3.46. The second-order valence-electron chi connectivity index (χ2n) is 4.70. The molecule has 1 fully saturated rings. The molecule has 0 amide bonds. The summed E-state index contributed by atoms with van der Waals surface area (Å²) in [6, 6.07) is 7.73. The Balaban J connectivity index is 2.30. The Bertz CT molecular complexity index is 368. The maximum Gasteiger partial charge on any atom is 0.0389 e. The molecule has 2 unspecified atom stereocenters. The van der Waals surface area contributed by atoms with Crippen LogP contribution in [0.2, 0.25) is 0 Å². The van der Waals surface area contributed by atoms with E-state index in [-0.39, 0.29) is 0 Å². The zero-order chi connectivity index (χ0) is 11.7. The van der Waals surface area contributed by atoms with Crippen LogP contribution in [0.1, 0.15) is 19.4 Å². The van der Waals surface area contributed by atoms with Gasteiger partial charge < -0.3 is 10.2 Å². The number of rotatable bonds is 1. The number of benzene rings is 1. The molecule has 3 heteroatoms. The minimum atomic E-state index is 0.560. The van der Waals surface area contributed by atoms with Crippen molar-refractivity contribution in [1.29, 1.82) is 0 Å². The predicted molar refractivity (Wildman–Crippen MR) is 73.2 cm³/mol. The average molecular weight is 283 g/mol. The zero-order valence-corrected chi connectivity index (χ0v) is 11.7. The number of anilines is 1. The molecule has 2 atom stereocenters. The number of hydrogen-bond acceptors (Lipinski definition) is 2. The number of nitrogens with one attached hydrogen (secondary N) is 1. The predicted octanol–water partition coefficient (Wildman–Crippen LogP) is 2.94. The third-order valence-electron chi connectivity index (χ3n) is 3.27. The van der Waals surface area contributed by atoms with Crippen LogP contribution in [0.5, 0.6) is 0 Å². The SMILES string of the molecule is Cc1cc(N2C(C)CNCC2C)ccc1Br. The van der Waals surface area contributed by atoms with E-state index in [0.717, 1.165) is 13.1 Å². The summed E-state index contributed by atoms with van der Waals surface area (Å²) < 4.78 is 1.19. The Labute approximate surface area is 106 Å². The smallest absolute Gasteiger partial charge is 0.0389 e. The molecule has 0 spiro atoms. The van der Waals surface area contributed by atoms with Crippen LogP contribution in [0.4, 0.5) is 5.69 Å². The van der Waals surface area contributed by atoms with Crippen LogP contribution in [-0.2, 0) is 0 Å². The van der Waals surface area contributed by atoms with Gasteiger partial charge in [0.1, 0.15) is 0 Å². The van der Waals surface area contributed by atoms with E-state index < -0.39 is 0 Å². The Morgan fingerprint density at radius 1 is 1.25 bits per heavy atom. The molecule has 0 saturated carbocycles. The van der Waals surface area contributed by atoms with Gasteiger partial charge in [0.05, 0.1) is 0 Å². The first-order valence-electron chi connectivity index (χ1n) is 5.85. The first-order chi connectivity index (χ1) is 7.59. The van der Waals surface area contributed by atoms with Gasteiger partial charge in [-0.3, -0.25) is 0 Å². The highest BCUT2D eigenvalue weighted by Gasteiger charge is 2.24. The Hall–Kier alpha value is -0.540. The molecule has 2 nitrogen and oxygen atoms in total. The van der Waals surface area contributed by atoms with E-state index >= 15 is 0 Å². The van der Waals surface area contributed by atoms with Crippen LogP contribution in [0, 0.1) is 6.92 Å². The van der Waals surface area contributed by atoms with Gasteiger partial charge in [-0.05, 0) is 44.5 Å². The fourth-order valence-electron chi connectivity index (χ4n) is 2.43. The van der Waals surface area contributed by atoms with Crippen molar-refractivity contribution in [2.75, 3.05) is 18.0 Å². The number of piperazine rings is 1. The topological polar surface area (TPSA) is 15.3 Å². The molecule has 1 aliphatic heterocycles. The molecule has 1 heterocycles. The molecule has 2 rings (SSSR count). The van der Waals surface area contributed by atoms with Crippen LogP contribution in [-0.4, -0.2) is 25.2 Å². The lowest BCUT2D eigenvalue weighted by molar-refractivity contribution is 0.432. The minimum Gasteiger partial charge on any atom is -0.364 e. The molecule has 1 aromatic carbocycles. The molecular formula is C13H19BrN2. The highest BCUT2D eigenvalue weighted by molar-refractivity contribution is 9.10. The minimum absolute atomic E-state index is 0.560. The Morgan fingerprint density at radius 2 is 1.88 bits per heavy atom. The summed E-state index contributed by atoms with van der Waals surface area (Å²) in [6.07, 6.45) is 0. The third-order valence-corrected chi connectivity index (χ3v) is 4.16. The van der Waals surface area contributed by atoms with Crippen molar-refractivity contribution in [3.63, 3.8) is 0 Å². The van der Waals surface area contributed by atoms with Gasteiger partial charge in [-0.25, -0.2) is 0 Å². The van der Waals surface area contributed by atoms with Crippen LogP contribution in [0.3, 0.4) is 0 Å². The molecule has 1 saturated heterocycles. The van der Waals surface area contributed by atoms with Crippen LogP contribution < -0.4 is 10.2 Å². The first kappa shape index (κ1) is 11.9. The van der Waals surface area contributed by atoms with E-state index in [1.54, 1.807) is 0 Å². The number of halogens is 1. The lowest BCUT2D eigenvalue weighted by Gasteiger charge is -2.41. The lowest BCUT2D eigenvalue weighted by Crippen LogP contribution is -2.55. The zero-order valence-electron chi connectivity index (χ0n) is 10.1. The van der Waals surface area contributed by atoms with E-state index in [2.05, 4.69) is 65.1 Å². The molecule has 0 aromatic heterocycles. The molecule has 16 heavy (non-hydrogen) atoms. The molecule has 0 radical (unpaired) electrons. The van der Waals surface area contributed by atoms with E-state index in [9.17, 15) is 0 Å². The van der Waals surface area contributed by atoms with E-state index in [0.29, 0.717) is 12.1 Å². The van der Waals surface area contributed by atoms with Crippen molar-refractivity contribution in [2.45, 2.75) is 32.9 Å². The molecule has 0 bridgehead atoms. The standard InChI is InChI=1S/C13H19BrN2/c1-9-6-12(4-5-13(9)14)16-10(2)7-15-8-11(16)3/h4-6,10-11,15H,7-8H2,1-3H3. The van der Waals surface area contributed by atoms with Gasteiger partial charge in [0.2, 0.25) is 0 Å². The van der Waals surface area contributed by atoms with Crippen molar-refractivity contribution in [3.8, 4) is 0 Å². The quantitative estimate of drug-likeness (QED) is 0.852. The molecule has 1 N–H and O–H groups in total. The fraction of sp³-hybridized carbons (Fsp3) is 0.538. The summed E-state index contributed by atoms with van der Waals surface area (Å²) in [5.41, 5.74) is 2.64. The normalized spacial score (nSPS) is 25.9. The molecule has 0 aliphatic carbocycles. The van der Waals surface area contributed by atoms with Gasteiger partial charge >= 0.3 is 0 Å². The maximum absolute atomic E-state index is 3.55. The first-order valence-corrected chi connectivity index (χ1v) is 6.64. The third kappa shape index (κ3) is 2.25. The van der Waals surface area contributed by atoms with E-state index in [1.807, 2.05) is 0 Å². The lowest BCUT2D eigenvalue weighted by atomic mass is 10.1. The number of aryl methyl sites for hydroxylation is 1. The van der Waals surface area contributed by atoms with Crippen molar-refractivity contribution in [2.24, 2.45) is 0 Å². The van der Waals surface area contributed by atoms with Gasteiger partial charge in [-0.15, -0.1) is 0 Å². The van der Waals surface area contributed by atoms with Crippen molar-refractivity contribution in [3.05, 3.63) is 28.2 Å². The summed E-state index contributed by atoms with van der Waals surface area (Å²) in [5.74, 6) is 0. The van der Waals surface area contributed by atoms with E-state index in [4.69, 9.17) is 0 Å². The van der Waals surface area contributed by atoms with Crippen molar-refractivity contribution < 1.29 is 0 Å². The molecular weight excluding hydrogens is 264 g/mol. The van der Waals surface area contributed by atoms with Gasteiger partial charge in [0, 0.05) is 35.3 Å². The Morgan fingerprint density at radius 3 is 2.44 bits per heavy atom. The highest BCUT2D eigenvalue weighted by atomic mass is 79.9. The second-order valence-corrected chi connectivity index (χ2v) is 5.55. The highest BCUT2D eigenvalue weighted by Crippen LogP contribution is 2.26. The van der Waals surface area contributed by atoms with Crippen LogP contribution >= 0.6 is 15.9 Å². The second kappa shape index (κ2) is 4.76. The van der Waals surface area contributed by atoms with Gasteiger partial charge in [0.25, 0.3) is 0 Å². The van der Waals surface area contributed by atoms with Gasteiger partial charge in [0.15, 0.2) is 0 Å². The number of nitrogens with zero attached hydrogens (tertiary/aromatic N) is 1. The fourth-order valence-corrected chi connectivity index (χ4v) is 2.68. The van der Waals surface area contributed by atoms with Crippen molar-refractivity contribution >= 4 is 21.6 Å². The maximum atomic E-state index is 3.55. The van der Waals surface area contributed by atoms with Gasteiger partial charge in [-0.2, -0.15) is 0 Å².